The highest BCUT2D eigenvalue weighted by molar-refractivity contribution is 5.74. The maximum atomic E-state index is 10.4. The minimum Gasteiger partial charge on any atom is -0.487 e. The van der Waals surface area contributed by atoms with Crippen LogP contribution in [0.4, 0.5) is 0 Å². The Morgan fingerprint density at radius 2 is 2.13 bits per heavy atom. The van der Waals surface area contributed by atoms with Crippen LogP contribution in [0.2, 0.25) is 0 Å². The Morgan fingerprint density at radius 3 is 2.73 bits per heavy atom. The summed E-state index contributed by atoms with van der Waals surface area (Å²) < 4.78 is 5.46. The van der Waals surface area contributed by atoms with E-state index in [0.29, 0.717) is 12.2 Å². The summed E-state index contributed by atoms with van der Waals surface area (Å²) in [4.78, 5) is 17.2. The van der Waals surface area contributed by atoms with E-state index < -0.39 is 0 Å². The average Bonchev–Trinajstić information content (AvgIpc) is 2.80. The number of imidazole rings is 1. The first-order valence-corrected chi connectivity index (χ1v) is 4.54. The van der Waals surface area contributed by atoms with Gasteiger partial charge in [0.1, 0.15) is 18.6 Å². The number of benzene rings is 1. The Balaban J connectivity index is 1.96. The molecule has 0 spiro atoms. The molecular formula is C11H10N2O2. The molecule has 0 aliphatic rings. The lowest BCUT2D eigenvalue weighted by Crippen LogP contribution is -1.95. The van der Waals surface area contributed by atoms with E-state index in [1.165, 1.54) is 0 Å². The van der Waals surface area contributed by atoms with Crippen molar-refractivity contribution in [3.8, 4) is 5.75 Å². The Kier molecular flexibility index (Phi) is 2.78. The smallest absolute Gasteiger partial charge is 0.150 e. The number of hydrogen-bond donors (Lipinski definition) is 1. The number of carbonyl (C=O) groups excluding carboxylic acids is 1. The number of aldehydes is 1. The van der Waals surface area contributed by atoms with E-state index in [4.69, 9.17) is 4.74 Å². The van der Waals surface area contributed by atoms with E-state index in [1.807, 2.05) is 0 Å². The molecule has 0 saturated carbocycles. The van der Waals surface area contributed by atoms with Gasteiger partial charge >= 0.3 is 0 Å². The van der Waals surface area contributed by atoms with Crippen LogP contribution in [0.25, 0.3) is 0 Å². The van der Waals surface area contributed by atoms with Crippen LogP contribution < -0.4 is 4.74 Å². The molecule has 76 valence electrons. The van der Waals surface area contributed by atoms with Crippen molar-refractivity contribution in [2.45, 2.75) is 6.61 Å². The van der Waals surface area contributed by atoms with Crippen molar-refractivity contribution < 1.29 is 9.53 Å². The fraction of sp³-hybridized carbons (Fsp3) is 0.0909. The molecule has 4 heteroatoms. The molecule has 1 aromatic carbocycles. The maximum absolute atomic E-state index is 10.4. The molecule has 0 aliphatic heterocycles. The summed E-state index contributed by atoms with van der Waals surface area (Å²) in [6.45, 7) is 0.445. The summed E-state index contributed by atoms with van der Waals surface area (Å²) >= 11 is 0. The Labute approximate surface area is 86.9 Å². The van der Waals surface area contributed by atoms with E-state index in [9.17, 15) is 4.79 Å². The van der Waals surface area contributed by atoms with Crippen LogP contribution in [-0.4, -0.2) is 16.3 Å². The van der Waals surface area contributed by atoms with Gasteiger partial charge in [-0.2, -0.15) is 0 Å². The van der Waals surface area contributed by atoms with Crippen LogP contribution in [0.5, 0.6) is 5.75 Å². The molecular weight excluding hydrogens is 192 g/mol. The molecule has 2 aromatic rings. The van der Waals surface area contributed by atoms with Gasteiger partial charge < -0.3 is 9.72 Å². The van der Waals surface area contributed by atoms with Crippen LogP contribution >= 0.6 is 0 Å². The number of ether oxygens (including phenoxy) is 1. The topological polar surface area (TPSA) is 55.0 Å². The van der Waals surface area contributed by atoms with Crippen molar-refractivity contribution in [1.29, 1.82) is 0 Å². The van der Waals surface area contributed by atoms with Crippen molar-refractivity contribution in [3.05, 3.63) is 48.0 Å². The Morgan fingerprint density at radius 1 is 1.33 bits per heavy atom. The number of nitrogens with zero attached hydrogens (tertiary/aromatic N) is 1. The number of aromatic amines is 1. The number of hydrogen-bond acceptors (Lipinski definition) is 3. The first-order chi connectivity index (χ1) is 7.38. The van der Waals surface area contributed by atoms with Crippen LogP contribution in [0.1, 0.15) is 16.1 Å². The molecule has 0 unspecified atom stereocenters. The van der Waals surface area contributed by atoms with Crippen molar-refractivity contribution >= 4 is 6.29 Å². The van der Waals surface area contributed by atoms with E-state index in [-0.39, 0.29) is 0 Å². The normalized spacial score (nSPS) is 9.87. The zero-order valence-electron chi connectivity index (χ0n) is 8.01. The van der Waals surface area contributed by atoms with E-state index in [1.54, 1.807) is 36.8 Å². The lowest BCUT2D eigenvalue weighted by Gasteiger charge is -2.03. The molecule has 1 heterocycles. The highest BCUT2D eigenvalue weighted by Gasteiger charge is 1.96. The predicted molar refractivity (Wildman–Crippen MR) is 54.7 cm³/mol. The van der Waals surface area contributed by atoms with Crippen LogP contribution in [-0.2, 0) is 6.61 Å². The highest BCUT2D eigenvalue weighted by Crippen LogP contribution is 2.12. The first-order valence-electron chi connectivity index (χ1n) is 4.54. The van der Waals surface area contributed by atoms with Gasteiger partial charge in [0.15, 0.2) is 0 Å². The van der Waals surface area contributed by atoms with E-state index in [2.05, 4.69) is 9.97 Å². The largest absolute Gasteiger partial charge is 0.487 e. The van der Waals surface area contributed by atoms with Crippen LogP contribution in [0.15, 0.2) is 36.8 Å². The number of nitrogens with one attached hydrogen (secondary N) is 1. The highest BCUT2D eigenvalue weighted by atomic mass is 16.5. The van der Waals surface area contributed by atoms with Crippen LogP contribution in [0, 0.1) is 0 Å². The van der Waals surface area contributed by atoms with Crippen molar-refractivity contribution in [3.63, 3.8) is 0 Å². The third kappa shape index (κ3) is 2.43. The monoisotopic (exact) mass is 202 g/mol. The number of carbonyl (C=O) groups is 1. The quantitative estimate of drug-likeness (QED) is 0.769. The molecule has 1 N–H and O–H groups in total. The van der Waals surface area contributed by atoms with Gasteiger partial charge in [0.25, 0.3) is 0 Å². The summed E-state index contributed by atoms with van der Waals surface area (Å²) in [5.41, 5.74) is 1.55. The Bertz CT molecular complexity index is 420. The second-order valence-corrected chi connectivity index (χ2v) is 3.05. The zero-order valence-corrected chi connectivity index (χ0v) is 8.01. The standard InChI is InChI=1S/C11H10N2O2/c14-6-9-1-3-11(4-2-9)15-7-10-5-12-8-13-10/h1-6,8H,7H2,(H,12,13). The lowest BCUT2D eigenvalue weighted by atomic mass is 10.2. The van der Waals surface area contributed by atoms with Gasteiger partial charge in [-0.15, -0.1) is 0 Å². The van der Waals surface area contributed by atoms with Gasteiger partial charge in [-0.05, 0) is 24.3 Å². The van der Waals surface area contributed by atoms with Gasteiger partial charge in [0.05, 0.1) is 18.2 Å². The molecule has 15 heavy (non-hydrogen) atoms. The number of H-pyrrole nitrogens is 1. The molecule has 1 aromatic heterocycles. The molecule has 0 atom stereocenters. The fourth-order valence-electron chi connectivity index (χ4n) is 1.17. The van der Waals surface area contributed by atoms with Gasteiger partial charge in [-0.3, -0.25) is 4.79 Å². The van der Waals surface area contributed by atoms with Gasteiger partial charge in [-0.1, -0.05) is 0 Å². The third-order valence-corrected chi connectivity index (χ3v) is 1.97. The summed E-state index contributed by atoms with van der Waals surface area (Å²) in [5.74, 6) is 0.732. The summed E-state index contributed by atoms with van der Waals surface area (Å²) in [6.07, 6.45) is 4.12. The second kappa shape index (κ2) is 4.41. The minimum absolute atomic E-state index is 0.445. The minimum atomic E-state index is 0.445. The Hall–Kier alpha value is -2.10. The molecule has 0 amide bonds. The molecule has 4 nitrogen and oxygen atoms in total. The third-order valence-electron chi connectivity index (χ3n) is 1.97. The van der Waals surface area contributed by atoms with Crippen molar-refractivity contribution in [1.82, 2.24) is 9.97 Å². The number of aromatic nitrogens is 2. The molecule has 0 radical (unpaired) electrons. The summed E-state index contributed by atoms with van der Waals surface area (Å²) in [7, 11) is 0. The SMILES string of the molecule is O=Cc1ccc(OCc2cnc[nH]2)cc1. The van der Waals surface area contributed by atoms with Crippen LogP contribution in [0.3, 0.4) is 0 Å². The molecule has 0 aliphatic carbocycles. The summed E-state index contributed by atoms with van der Waals surface area (Å²) in [5, 5.41) is 0. The fourth-order valence-corrected chi connectivity index (χ4v) is 1.17. The van der Waals surface area contributed by atoms with Crippen molar-refractivity contribution in [2.24, 2.45) is 0 Å². The van der Waals surface area contributed by atoms with Gasteiger partial charge in [0.2, 0.25) is 0 Å². The second-order valence-electron chi connectivity index (χ2n) is 3.05. The molecule has 0 fully saturated rings. The predicted octanol–water partition coefficient (Wildman–Crippen LogP) is 1.80. The lowest BCUT2D eigenvalue weighted by molar-refractivity contribution is 0.112. The average molecular weight is 202 g/mol. The van der Waals surface area contributed by atoms with Gasteiger partial charge in [0, 0.05) is 5.56 Å². The molecule has 0 saturated heterocycles. The zero-order chi connectivity index (χ0) is 10.5. The van der Waals surface area contributed by atoms with Crippen molar-refractivity contribution in [2.75, 3.05) is 0 Å². The van der Waals surface area contributed by atoms with Gasteiger partial charge in [-0.25, -0.2) is 4.98 Å². The molecule has 2 rings (SSSR count). The van der Waals surface area contributed by atoms with E-state index in [0.717, 1.165) is 17.7 Å². The maximum Gasteiger partial charge on any atom is 0.150 e. The number of rotatable bonds is 4. The van der Waals surface area contributed by atoms with E-state index >= 15 is 0 Å². The molecule has 0 bridgehead atoms. The summed E-state index contributed by atoms with van der Waals surface area (Å²) in [6, 6.07) is 6.96. The first kappa shape index (κ1) is 9.45.